The van der Waals surface area contributed by atoms with Crippen LogP contribution >= 0.6 is 0 Å². The van der Waals surface area contributed by atoms with E-state index in [0.717, 1.165) is 6.08 Å². The number of benzene rings is 1. The van der Waals surface area contributed by atoms with Crippen molar-refractivity contribution >= 4 is 23.6 Å². The van der Waals surface area contributed by atoms with Crippen molar-refractivity contribution in [2.24, 2.45) is 0 Å². The molecular formula is C15H17NO6. The van der Waals surface area contributed by atoms with Crippen molar-refractivity contribution in [1.82, 2.24) is 0 Å². The molecular weight excluding hydrogens is 290 g/mol. The molecule has 1 N–H and O–H groups in total. The van der Waals surface area contributed by atoms with Crippen LogP contribution in [0.5, 0.6) is 0 Å². The van der Waals surface area contributed by atoms with Crippen molar-refractivity contribution in [1.29, 1.82) is 0 Å². The maximum Gasteiger partial charge on any atom is 0.354 e. The van der Waals surface area contributed by atoms with E-state index in [0.29, 0.717) is 11.3 Å². The van der Waals surface area contributed by atoms with E-state index in [4.69, 9.17) is 0 Å². The van der Waals surface area contributed by atoms with Gasteiger partial charge in [-0.05, 0) is 17.7 Å². The normalized spacial score (nSPS) is 10.6. The fourth-order valence-electron chi connectivity index (χ4n) is 1.59. The Morgan fingerprint density at radius 2 is 1.82 bits per heavy atom. The summed E-state index contributed by atoms with van der Waals surface area (Å²) in [5.74, 6) is -1.79. The van der Waals surface area contributed by atoms with Crippen molar-refractivity contribution in [2.75, 3.05) is 26.6 Å². The van der Waals surface area contributed by atoms with Crippen LogP contribution in [0.25, 0.3) is 0 Å². The van der Waals surface area contributed by atoms with Gasteiger partial charge in [0.1, 0.15) is 5.70 Å². The van der Waals surface area contributed by atoms with Gasteiger partial charge in [-0.15, -0.1) is 0 Å². The Morgan fingerprint density at radius 3 is 2.41 bits per heavy atom. The highest BCUT2D eigenvalue weighted by molar-refractivity contribution is 5.98. The Kier molecular flexibility index (Phi) is 6.62. The molecule has 7 heteroatoms. The summed E-state index contributed by atoms with van der Waals surface area (Å²) < 4.78 is 13.7. The number of rotatable bonds is 6. The van der Waals surface area contributed by atoms with E-state index in [1.807, 2.05) is 0 Å². The molecule has 0 radical (unpaired) electrons. The van der Waals surface area contributed by atoms with E-state index in [-0.39, 0.29) is 18.1 Å². The van der Waals surface area contributed by atoms with Crippen molar-refractivity contribution < 1.29 is 28.6 Å². The van der Waals surface area contributed by atoms with Crippen LogP contribution in [0.15, 0.2) is 36.0 Å². The van der Waals surface area contributed by atoms with Gasteiger partial charge in [0.2, 0.25) is 0 Å². The molecule has 0 amide bonds. The van der Waals surface area contributed by atoms with Crippen LogP contribution in [0.3, 0.4) is 0 Å². The molecule has 0 aromatic heterocycles. The van der Waals surface area contributed by atoms with Gasteiger partial charge in [-0.25, -0.2) is 9.59 Å². The molecule has 0 aliphatic heterocycles. The van der Waals surface area contributed by atoms with Crippen molar-refractivity contribution in [3.8, 4) is 0 Å². The highest BCUT2D eigenvalue weighted by atomic mass is 16.5. The molecule has 0 fully saturated rings. The number of ether oxygens (including phenoxy) is 3. The summed E-state index contributed by atoms with van der Waals surface area (Å²) in [4.78, 5) is 34.2. The van der Waals surface area contributed by atoms with Gasteiger partial charge in [0, 0.05) is 5.69 Å². The summed E-state index contributed by atoms with van der Waals surface area (Å²) in [6.07, 6.45) is 1.08. The summed E-state index contributed by atoms with van der Waals surface area (Å²) in [5, 5.41) is 2.76. The quantitative estimate of drug-likeness (QED) is 0.477. The molecule has 22 heavy (non-hydrogen) atoms. The van der Waals surface area contributed by atoms with Crippen LogP contribution in [0, 0.1) is 0 Å². The highest BCUT2D eigenvalue weighted by Gasteiger charge is 2.13. The lowest BCUT2D eigenvalue weighted by molar-refractivity contribution is -0.140. The number of hydrogen-bond donors (Lipinski definition) is 1. The lowest BCUT2D eigenvalue weighted by atomic mass is 10.1. The van der Waals surface area contributed by atoms with Crippen LogP contribution < -0.4 is 5.32 Å². The molecule has 0 unspecified atom stereocenters. The first-order chi connectivity index (χ1) is 10.5. The predicted octanol–water partition coefficient (Wildman–Crippen LogP) is 1.04. The summed E-state index contributed by atoms with van der Waals surface area (Å²) >= 11 is 0. The average Bonchev–Trinajstić information content (AvgIpc) is 2.53. The molecule has 0 spiro atoms. The Labute approximate surface area is 127 Å². The molecule has 0 aliphatic carbocycles. The number of carbonyl (C=O) groups is 3. The standard InChI is InChI=1S/C15H17NO6/c1-20-13(17)8-10-5-4-6-11(7-10)16-12(15(19)22-3)9-14(18)21-2/h4-7,9,16H,8H2,1-3H3/b12-9+. The molecule has 118 valence electrons. The van der Waals surface area contributed by atoms with Crippen LogP contribution in [-0.4, -0.2) is 39.2 Å². The van der Waals surface area contributed by atoms with Gasteiger partial charge < -0.3 is 19.5 Å². The Balaban J connectivity index is 2.96. The van der Waals surface area contributed by atoms with Gasteiger partial charge in [0.15, 0.2) is 0 Å². The van der Waals surface area contributed by atoms with Crippen molar-refractivity contribution in [2.45, 2.75) is 6.42 Å². The minimum absolute atomic E-state index is 0.0791. The van der Waals surface area contributed by atoms with E-state index >= 15 is 0 Å². The van der Waals surface area contributed by atoms with Crippen molar-refractivity contribution in [3.63, 3.8) is 0 Å². The number of anilines is 1. The van der Waals surface area contributed by atoms with Crippen molar-refractivity contribution in [3.05, 3.63) is 41.6 Å². The minimum atomic E-state index is -0.719. The highest BCUT2D eigenvalue weighted by Crippen LogP contribution is 2.14. The topological polar surface area (TPSA) is 90.9 Å². The zero-order chi connectivity index (χ0) is 16.5. The maximum absolute atomic E-state index is 11.6. The van der Waals surface area contributed by atoms with E-state index in [1.54, 1.807) is 24.3 Å². The number of carbonyl (C=O) groups excluding carboxylic acids is 3. The number of hydrogen-bond acceptors (Lipinski definition) is 7. The number of esters is 3. The molecule has 0 aliphatic rings. The molecule has 0 bridgehead atoms. The average molecular weight is 307 g/mol. The summed E-state index contributed by atoms with van der Waals surface area (Å²) in [5.41, 5.74) is 1.13. The third-order valence-corrected chi connectivity index (χ3v) is 2.65. The third-order valence-electron chi connectivity index (χ3n) is 2.65. The minimum Gasteiger partial charge on any atom is -0.469 e. The van der Waals surface area contributed by atoms with Gasteiger partial charge in [-0.2, -0.15) is 0 Å². The molecule has 0 saturated heterocycles. The first kappa shape index (κ1) is 17.2. The van der Waals surface area contributed by atoms with Crippen LogP contribution in [0.2, 0.25) is 0 Å². The summed E-state index contributed by atoms with van der Waals surface area (Å²) in [6, 6.07) is 6.78. The molecule has 1 aromatic rings. The van der Waals surface area contributed by atoms with Gasteiger partial charge in [0.25, 0.3) is 0 Å². The summed E-state index contributed by atoms with van der Waals surface area (Å²) in [6.45, 7) is 0. The smallest absolute Gasteiger partial charge is 0.354 e. The number of methoxy groups -OCH3 is 3. The predicted molar refractivity (Wildman–Crippen MR) is 77.9 cm³/mol. The molecule has 7 nitrogen and oxygen atoms in total. The van der Waals surface area contributed by atoms with Gasteiger partial charge in [-0.3, -0.25) is 4.79 Å². The van der Waals surface area contributed by atoms with E-state index in [1.165, 1.54) is 21.3 Å². The zero-order valence-electron chi connectivity index (χ0n) is 12.5. The fourth-order valence-corrected chi connectivity index (χ4v) is 1.59. The molecule has 0 atom stereocenters. The molecule has 0 saturated carbocycles. The summed E-state index contributed by atoms with van der Waals surface area (Å²) in [7, 11) is 3.70. The van der Waals surface area contributed by atoms with E-state index < -0.39 is 11.9 Å². The van der Waals surface area contributed by atoms with E-state index in [2.05, 4.69) is 19.5 Å². The SMILES string of the molecule is COC(=O)/C=C(/Nc1cccc(CC(=O)OC)c1)C(=O)OC. The Bertz CT molecular complexity index is 593. The largest absolute Gasteiger partial charge is 0.469 e. The maximum atomic E-state index is 11.6. The van der Waals surface area contributed by atoms with Gasteiger partial charge in [0.05, 0.1) is 33.8 Å². The first-order valence-corrected chi connectivity index (χ1v) is 6.31. The second kappa shape index (κ2) is 8.46. The van der Waals surface area contributed by atoms with E-state index in [9.17, 15) is 14.4 Å². The molecule has 1 rings (SSSR count). The molecule has 0 heterocycles. The Hall–Kier alpha value is -2.83. The van der Waals surface area contributed by atoms with Crippen LogP contribution in [-0.2, 0) is 35.0 Å². The lowest BCUT2D eigenvalue weighted by Gasteiger charge is -2.10. The lowest BCUT2D eigenvalue weighted by Crippen LogP contribution is -2.15. The van der Waals surface area contributed by atoms with Gasteiger partial charge >= 0.3 is 17.9 Å². The Morgan fingerprint density at radius 1 is 1.09 bits per heavy atom. The van der Waals surface area contributed by atoms with Crippen LogP contribution in [0.1, 0.15) is 5.56 Å². The second-order valence-electron chi connectivity index (χ2n) is 4.15. The monoisotopic (exact) mass is 307 g/mol. The molecule has 1 aromatic carbocycles. The third kappa shape index (κ3) is 5.28. The second-order valence-corrected chi connectivity index (χ2v) is 4.15. The fraction of sp³-hybridized carbons (Fsp3) is 0.267. The number of nitrogens with one attached hydrogen (secondary N) is 1. The first-order valence-electron chi connectivity index (χ1n) is 6.31. The van der Waals surface area contributed by atoms with Crippen LogP contribution in [0.4, 0.5) is 5.69 Å². The van der Waals surface area contributed by atoms with Gasteiger partial charge in [-0.1, -0.05) is 12.1 Å². The zero-order valence-corrected chi connectivity index (χ0v) is 12.5.